The monoisotopic (exact) mass is 375 g/mol. The highest BCUT2D eigenvalue weighted by atomic mass is 35.5. The number of carboxylic acids is 1. The number of nitrogens with one attached hydrogen (secondary N) is 1. The number of amides is 1. The molecule has 0 atom stereocenters. The standard InChI is InChI=1S/C20H22ClNO4/c1-2-3-10-26-18-9-8-16(21)12-17(18)20(25)22-13-15-6-4-14(5-7-15)11-19(23)24/h4-9,12H,2-3,10-11,13H2,1H3,(H,22,25)(H,23,24). The molecule has 0 heterocycles. The second-order valence-corrected chi connectivity index (χ2v) is 6.35. The molecule has 1 amide bonds. The number of unbranched alkanes of at least 4 members (excludes halogenated alkanes) is 1. The quantitative estimate of drug-likeness (QED) is 0.647. The molecular formula is C20H22ClNO4. The lowest BCUT2D eigenvalue weighted by molar-refractivity contribution is -0.136. The highest BCUT2D eigenvalue weighted by molar-refractivity contribution is 6.31. The molecule has 0 radical (unpaired) electrons. The van der Waals surface area contributed by atoms with Crippen LogP contribution < -0.4 is 10.1 Å². The summed E-state index contributed by atoms with van der Waals surface area (Å²) in [4.78, 5) is 23.2. The summed E-state index contributed by atoms with van der Waals surface area (Å²) in [6, 6.07) is 12.1. The molecular weight excluding hydrogens is 354 g/mol. The van der Waals surface area contributed by atoms with Crippen LogP contribution in [0.2, 0.25) is 5.02 Å². The molecule has 0 fully saturated rings. The van der Waals surface area contributed by atoms with Gasteiger partial charge in [0.05, 0.1) is 18.6 Å². The van der Waals surface area contributed by atoms with Crippen LogP contribution >= 0.6 is 11.6 Å². The van der Waals surface area contributed by atoms with Crippen LogP contribution in [-0.4, -0.2) is 23.6 Å². The van der Waals surface area contributed by atoms with Crippen molar-refractivity contribution >= 4 is 23.5 Å². The van der Waals surface area contributed by atoms with Gasteiger partial charge in [-0.2, -0.15) is 0 Å². The van der Waals surface area contributed by atoms with Gasteiger partial charge in [-0.3, -0.25) is 9.59 Å². The van der Waals surface area contributed by atoms with E-state index >= 15 is 0 Å². The zero-order valence-corrected chi connectivity index (χ0v) is 15.4. The van der Waals surface area contributed by atoms with Crippen molar-refractivity contribution in [3.63, 3.8) is 0 Å². The first kappa shape index (κ1) is 19.8. The number of hydrogen-bond donors (Lipinski definition) is 2. The van der Waals surface area contributed by atoms with Crippen molar-refractivity contribution < 1.29 is 19.4 Å². The van der Waals surface area contributed by atoms with Crippen LogP contribution in [0.4, 0.5) is 0 Å². The Hall–Kier alpha value is -2.53. The predicted molar refractivity (Wildman–Crippen MR) is 101 cm³/mol. The molecule has 2 aromatic rings. The van der Waals surface area contributed by atoms with Crippen LogP contribution in [0.5, 0.6) is 5.75 Å². The van der Waals surface area contributed by atoms with Crippen molar-refractivity contribution in [3.8, 4) is 5.75 Å². The lowest BCUT2D eigenvalue weighted by Gasteiger charge is -2.12. The van der Waals surface area contributed by atoms with Crippen molar-refractivity contribution in [1.82, 2.24) is 5.32 Å². The van der Waals surface area contributed by atoms with Crippen molar-refractivity contribution in [1.29, 1.82) is 0 Å². The van der Waals surface area contributed by atoms with E-state index in [0.717, 1.165) is 18.4 Å². The van der Waals surface area contributed by atoms with Crippen molar-refractivity contribution in [2.45, 2.75) is 32.7 Å². The molecule has 6 heteroatoms. The van der Waals surface area contributed by atoms with Crippen LogP contribution in [0, 0.1) is 0 Å². The molecule has 0 spiro atoms. The molecule has 0 aliphatic heterocycles. The Bertz CT molecular complexity index is 759. The summed E-state index contributed by atoms with van der Waals surface area (Å²) in [5.74, 6) is -0.631. The third-order valence-electron chi connectivity index (χ3n) is 3.77. The number of halogens is 1. The first-order chi connectivity index (χ1) is 12.5. The molecule has 5 nitrogen and oxygen atoms in total. The van der Waals surface area contributed by atoms with Gasteiger partial charge < -0.3 is 15.2 Å². The number of hydrogen-bond acceptors (Lipinski definition) is 3. The van der Waals surface area contributed by atoms with Gasteiger partial charge in [-0.05, 0) is 35.7 Å². The van der Waals surface area contributed by atoms with Crippen molar-refractivity contribution in [2.24, 2.45) is 0 Å². The summed E-state index contributed by atoms with van der Waals surface area (Å²) >= 11 is 6.01. The normalized spacial score (nSPS) is 10.4. The maximum absolute atomic E-state index is 12.5. The Kier molecular flexibility index (Phi) is 7.48. The van der Waals surface area contributed by atoms with Gasteiger partial charge in [0.25, 0.3) is 5.91 Å². The van der Waals surface area contributed by atoms with Crippen LogP contribution in [0.25, 0.3) is 0 Å². The molecule has 2 N–H and O–H groups in total. The Balaban J connectivity index is 2.00. The number of benzene rings is 2. The first-order valence-electron chi connectivity index (χ1n) is 8.49. The van der Waals surface area contributed by atoms with Gasteiger partial charge >= 0.3 is 5.97 Å². The topological polar surface area (TPSA) is 75.6 Å². The van der Waals surface area contributed by atoms with E-state index in [0.29, 0.717) is 35.1 Å². The number of carboxylic acid groups (broad SMARTS) is 1. The Morgan fingerprint density at radius 3 is 2.46 bits per heavy atom. The minimum absolute atomic E-state index is 0.0202. The maximum atomic E-state index is 12.5. The van der Waals surface area contributed by atoms with E-state index in [4.69, 9.17) is 21.4 Å². The molecule has 0 aliphatic rings. The molecule has 0 saturated carbocycles. The lowest BCUT2D eigenvalue weighted by atomic mass is 10.1. The third-order valence-corrected chi connectivity index (χ3v) is 4.01. The average molecular weight is 376 g/mol. The number of ether oxygens (including phenoxy) is 1. The summed E-state index contributed by atoms with van der Waals surface area (Å²) in [6.45, 7) is 2.94. The van der Waals surface area contributed by atoms with E-state index in [1.165, 1.54) is 0 Å². The highest BCUT2D eigenvalue weighted by Crippen LogP contribution is 2.23. The largest absolute Gasteiger partial charge is 0.493 e. The van der Waals surface area contributed by atoms with Gasteiger partial charge in [0.15, 0.2) is 0 Å². The minimum Gasteiger partial charge on any atom is -0.493 e. The fraction of sp³-hybridized carbons (Fsp3) is 0.300. The molecule has 2 rings (SSSR count). The SMILES string of the molecule is CCCCOc1ccc(Cl)cc1C(=O)NCc1ccc(CC(=O)O)cc1. The van der Waals surface area contributed by atoms with E-state index in [9.17, 15) is 9.59 Å². The molecule has 0 aliphatic carbocycles. The number of aliphatic carboxylic acids is 1. The average Bonchev–Trinajstić information content (AvgIpc) is 2.61. The molecule has 0 unspecified atom stereocenters. The molecule has 26 heavy (non-hydrogen) atoms. The second-order valence-electron chi connectivity index (χ2n) is 5.91. The molecule has 0 bridgehead atoms. The Morgan fingerprint density at radius 1 is 1.12 bits per heavy atom. The number of carbonyl (C=O) groups is 2. The van der Waals surface area contributed by atoms with E-state index in [1.54, 1.807) is 42.5 Å². The van der Waals surface area contributed by atoms with Gasteiger partial charge in [0.1, 0.15) is 5.75 Å². The van der Waals surface area contributed by atoms with Gasteiger partial charge in [0, 0.05) is 11.6 Å². The van der Waals surface area contributed by atoms with E-state index in [1.807, 2.05) is 0 Å². The van der Waals surface area contributed by atoms with Gasteiger partial charge in [-0.1, -0.05) is 49.2 Å². The van der Waals surface area contributed by atoms with Crippen LogP contribution in [0.3, 0.4) is 0 Å². The van der Waals surface area contributed by atoms with Crippen LogP contribution in [-0.2, 0) is 17.8 Å². The zero-order valence-electron chi connectivity index (χ0n) is 14.6. The smallest absolute Gasteiger partial charge is 0.307 e. The summed E-state index contributed by atoms with van der Waals surface area (Å²) in [7, 11) is 0. The molecule has 0 aromatic heterocycles. The van der Waals surface area contributed by atoms with E-state index in [2.05, 4.69) is 12.2 Å². The fourth-order valence-electron chi connectivity index (χ4n) is 2.36. The van der Waals surface area contributed by atoms with Crippen LogP contribution in [0.1, 0.15) is 41.3 Å². The Labute approximate surface area is 157 Å². The minimum atomic E-state index is -0.873. The summed E-state index contributed by atoms with van der Waals surface area (Å²) in [5, 5.41) is 12.1. The van der Waals surface area contributed by atoms with Gasteiger partial charge in [-0.15, -0.1) is 0 Å². The fourth-order valence-corrected chi connectivity index (χ4v) is 2.53. The molecule has 2 aromatic carbocycles. The maximum Gasteiger partial charge on any atom is 0.307 e. The molecule has 138 valence electrons. The summed E-state index contributed by atoms with van der Waals surface area (Å²) in [6.07, 6.45) is 1.90. The van der Waals surface area contributed by atoms with Gasteiger partial charge in [0.2, 0.25) is 0 Å². The van der Waals surface area contributed by atoms with Crippen molar-refractivity contribution in [3.05, 3.63) is 64.2 Å². The summed E-state index contributed by atoms with van der Waals surface area (Å²) < 4.78 is 5.68. The highest BCUT2D eigenvalue weighted by Gasteiger charge is 2.13. The van der Waals surface area contributed by atoms with Gasteiger partial charge in [-0.25, -0.2) is 0 Å². The number of carbonyl (C=O) groups excluding carboxylic acids is 1. The first-order valence-corrected chi connectivity index (χ1v) is 8.87. The van der Waals surface area contributed by atoms with E-state index < -0.39 is 5.97 Å². The predicted octanol–water partition coefficient (Wildman–Crippen LogP) is 4.08. The zero-order chi connectivity index (χ0) is 18.9. The van der Waals surface area contributed by atoms with E-state index in [-0.39, 0.29) is 12.3 Å². The third kappa shape index (κ3) is 6.08. The number of rotatable bonds is 9. The molecule has 0 saturated heterocycles. The van der Waals surface area contributed by atoms with Crippen LogP contribution in [0.15, 0.2) is 42.5 Å². The lowest BCUT2D eigenvalue weighted by Crippen LogP contribution is -2.23. The van der Waals surface area contributed by atoms with Crippen molar-refractivity contribution in [2.75, 3.05) is 6.61 Å². The summed E-state index contributed by atoms with van der Waals surface area (Å²) in [5.41, 5.74) is 1.99. The second kappa shape index (κ2) is 9.82. The Morgan fingerprint density at radius 2 is 1.81 bits per heavy atom.